The highest BCUT2D eigenvalue weighted by Crippen LogP contribution is 2.18. The van der Waals surface area contributed by atoms with Gasteiger partial charge in [0.2, 0.25) is 0 Å². The van der Waals surface area contributed by atoms with Gasteiger partial charge in [-0.2, -0.15) is 0 Å². The van der Waals surface area contributed by atoms with E-state index in [1.807, 2.05) is 12.1 Å². The molecule has 0 aromatic heterocycles. The van der Waals surface area contributed by atoms with Crippen LogP contribution >= 0.6 is 0 Å². The fourth-order valence-electron chi connectivity index (χ4n) is 3.94. The second-order valence-electron chi connectivity index (χ2n) is 7.92. The lowest BCUT2D eigenvalue weighted by atomic mass is 10.1. The Morgan fingerprint density at radius 2 is 1.93 bits per heavy atom. The second-order valence-corrected chi connectivity index (χ2v) is 9.93. The van der Waals surface area contributed by atoms with Gasteiger partial charge in [0.25, 0.3) is 0 Å². The fraction of sp³-hybridized carbons (Fsp3) is 0.667. The maximum atomic E-state index is 11.6. The molecule has 0 bridgehead atoms. The number of hydrogen-bond acceptors (Lipinski definition) is 5. The smallest absolute Gasteiger partial charge is 0.193 e. The molecule has 0 saturated carbocycles. The Morgan fingerprint density at radius 3 is 2.59 bits per heavy atom. The van der Waals surface area contributed by atoms with Crippen LogP contribution in [-0.4, -0.2) is 89.5 Å². The van der Waals surface area contributed by atoms with Crippen LogP contribution in [0.1, 0.15) is 18.9 Å². The Hall–Kier alpha value is -1.64. The third-order valence-corrected chi connectivity index (χ3v) is 6.68. The standard InChI is InChI=1S/C21H34N4O3S/c1-3-22-21(23-10-8-18-4-6-20(7-5-18)29(2,26)27)25-11-9-19(17-25)16-24-12-14-28-15-13-24/h4-7,19H,3,8-17H2,1-2H3,(H,22,23). The molecule has 0 aliphatic carbocycles. The van der Waals surface area contributed by atoms with Crippen molar-refractivity contribution in [1.29, 1.82) is 0 Å². The Kier molecular flexibility index (Phi) is 7.91. The Balaban J connectivity index is 1.51. The third-order valence-electron chi connectivity index (χ3n) is 5.55. The molecule has 2 heterocycles. The van der Waals surface area contributed by atoms with E-state index in [-0.39, 0.29) is 0 Å². The molecule has 162 valence electrons. The van der Waals surface area contributed by atoms with Crippen LogP contribution in [0.4, 0.5) is 0 Å². The van der Waals surface area contributed by atoms with Crippen LogP contribution < -0.4 is 5.32 Å². The first-order chi connectivity index (χ1) is 14.0. The molecule has 7 nitrogen and oxygen atoms in total. The number of sulfone groups is 1. The normalized spacial score (nSPS) is 21.5. The van der Waals surface area contributed by atoms with Crippen molar-refractivity contribution in [2.45, 2.75) is 24.7 Å². The van der Waals surface area contributed by atoms with Crippen LogP contribution in [0.15, 0.2) is 34.2 Å². The van der Waals surface area contributed by atoms with Gasteiger partial charge >= 0.3 is 0 Å². The Morgan fingerprint density at radius 1 is 1.21 bits per heavy atom. The highest BCUT2D eigenvalue weighted by molar-refractivity contribution is 7.90. The van der Waals surface area contributed by atoms with Crippen molar-refractivity contribution in [1.82, 2.24) is 15.1 Å². The first kappa shape index (κ1) is 22.1. The van der Waals surface area contributed by atoms with Crippen LogP contribution in [0.2, 0.25) is 0 Å². The summed E-state index contributed by atoms with van der Waals surface area (Å²) < 4.78 is 28.6. The maximum Gasteiger partial charge on any atom is 0.193 e. The summed E-state index contributed by atoms with van der Waals surface area (Å²) >= 11 is 0. The summed E-state index contributed by atoms with van der Waals surface area (Å²) in [4.78, 5) is 10.1. The summed E-state index contributed by atoms with van der Waals surface area (Å²) in [7, 11) is -3.14. The number of rotatable bonds is 7. The van der Waals surface area contributed by atoms with E-state index in [1.165, 1.54) is 12.7 Å². The van der Waals surface area contributed by atoms with E-state index in [0.29, 0.717) is 17.4 Å². The molecule has 8 heteroatoms. The van der Waals surface area contributed by atoms with Gasteiger partial charge in [-0.3, -0.25) is 9.89 Å². The van der Waals surface area contributed by atoms with Gasteiger partial charge in [-0.1, -0.05) is 12.1 Å². The van der Waals surface area contributed by atoms with Crippen molar-refractivity contribution >= 4 is 15.8 Å². The molecule has 1 unspecified atom stereocenters. The van der Waals surface area contributed by atoms with E-state index in [2.05, 4.69) is 22.0 Å². The van der Waals surface area contributed by atoms with E-state index >= 15 is 0 Å². The summed E-state index contributed by atoms with van der Waals surface area (Å²) in [5.74, 6) is 1.67. The van der Waals surface area contributed by atoms with Crippen LogP contribution in [0, 0.1) is 5.92 Å². The summed E-state index contributed by atoms with van der Waals surface area (Å²) in [5.41, 5.74) is 1.10. The molecule has 2 aliphatic heterocycles. The van der Waals surface area contributed by atoms with Gasteiger partial charge in [-0.15, -0.1) is 0 Å². The SMILES string of the molecule is CCNC(=NCCc1ccc(S(C)(=O)=O)cc1)N1CCC(CN2CCOCC2)C1. The molecule has 0 amide bonds. The molecule has 1 N–H and O–H groups in total. The quantitative estimate of drug-likeness (QED) is 0.527. The van der Waals surface area contributed by atoms with Crippen LogP contribution in [-0.2, 0) is 21.0 Å². The average Bonchev–Trinajstić information content (AvgIpc) is 3.16. The zero-order chi connectivity index (χ0) is 20.7. The molecular weight excluding hydrogens is 388 g/mol. The number of hydrogen-bond donors (Lipinski definition) is 1. The molecular formula is C21H34N4O3S. The largest absolute Gasteiger partial charge is 0.379 e. The van der Waals surface area contributed by atoms with Crippen LogP contribution in [0.5, 0.6) is 0 Å². The van der Waals surface area contributed by atoms with E-state index in [1.54, 1.807) is 12.1 Å². The van der Waals surface area contributed by atoms with Gasteiger partial charge in [-0.25, -0.2) is 8.42 Å². The van der Waals surface area contributed by atoms with Crippen molar-refractivity contribution < 1.29 is 13.2 Å². The number of nitrogens with one attached hydrogen (secondary N) is 1. The average molecular weight is 423 g/mol. The van der Waals surface area contributed by atoms with Crippen molar-refractivity contribution in [3.63, 3.8) is 0 Å². The number of aliphatic imine (C=N–C) groups is 1. The number of morpholine rings is 1. The van der Waals surface area contributed by atoms with E-state index < -0.39 is 9.84 Å². The molecule has 0 radical (unpaired) electrons. The number of ether oxygens (including phenoxy) is 1. The lowest BCUT2D eigenvalue weighted by Crippen LogP contribution is -2.42. The van der Waals surface area contributed by atoms with Crippen molar-refractivity contribution in [2.24, 2.45) is 10.9 Å². The second kappa shape index (κ2) is 10.4. The first-order valence-electron chi connectivity index (χ1n) is 10.6. The third kappa shape index (κ3) is 6.69. The number of nitrogens with zero attached hydrogens (tertiary/aromatic N) is 3. The van der Waals surface area contributed by atoms with Crippen molar-refractivity contribution in [3.8, 4) is 0 Å². The molecule has 0 spiro atoms. The summed E-state index contributed by atoms with van der Waals surface area (Å²) in [6.07, 6.45) is 3.23. The monoisotopic (exact) mass is 422 g/mol. The lowest BCUT2D eigenvalue weighted by molar-refractivity contribution is 0.0315. The minimum atomic E-state index is -3.14. The van der Waals surface area contributed by atoms with Gasteiger partial charge in [-0.05, 0) is 43.4 Å². The Labute approximate surface area is 175 Å². The van der Waals surface area contributed by atoms with Crippen molar-refractivity contribution in [3.05, 3.63) is 29.8 Å². The summed E-state index contributed by atoms with van der Waals surface area (Å²) in [6, 6.07) is 7.12. The predicted octanol–water partition coefficient (Wildman–Crippen LogP) is 1.25. The van der Waals surface area contributed by atoms with Gasteiger partial charge in [0.05, 0.1) is 18.1 Å². The summed E-state index contributed by atoms with van der Waals surface area (Å²) in [5, 5.41) is 3.43. The molecule has 2 aliphatic rings. The topological polar surface area (TPSA) is 74.2 Å². The minimum Gasteiger partial charge on any atom is -0.379 e. The minimum absolute atomic E-state index is 0.362. The zero-order valence-electron chi connectivity index (χ0n) is 17.6. The highest BCUT2D eigenvalue weighted by Gasteiger charge is 2.27. The number of likely N-dealkylation sites (tertiary alicyclic amines) is 1. The van der Waals surface area contributed by atoms with Gasteiger partial charge < -0.3 is 15.0 Å². The molecule has 1 aromatic carbocycles. The Bertz CT molecular complexity index is 774. The van der Waals surface area contributed by atoms with E-state index in [9.17, 15) is 8.42 Å². The van der Waals surface area contributed by atoms with Gasteiger partial charge in [0, 0.05) is 52.1 Å². The molecule has 1 atom stereocenters. The van der Waals surface area contributed by atoms with Crippen molar-refractivity contribution in [2.75, 3.05) is 65.3 Å². The molecule has 2 saturated heterocycles. The molecule has 3 rings (SSSR count). The number of benzene rings is 1. The number of guanidine groups is 1. The fourth-order valence-corrected chi connectivity index (χ4v) is 4.57. The summed E-state index contributed by atoms with van der Waals surface area (Å²) in [6.45, 7) is 10.7. The molecule has 2 fully saturated rings. The van der Waals surface area contributed by atoms with Gasteiger partial charge in [0.1, 0.15) is 0 Å². The van der Waals surface area contributed by atoms with E-state index in [4.69, 9.17) is 9.73 Å². The van der Waals surface area contributed by atoms with Gasteiger partial charge in [0.15, 0.2) is 15.8 Å². The highest BCUT2D eigenvalue weighted by atomic mass is 32.2. The molecule has 29 heavy (non-hydrogen) atoms. The van der Waals surface area contributed by atoms with Crippen LogP contribution in [0.3, 0.4) is 0 Å². The van der Waals surface area contributed by atoms with E-state index in [0.717, 1.165) is 70.4 Å². The molecule has 1 aromatic rings. The lowest BCUT2D eigenvalue weighted by Gasteiger charge is -2.29. The first-order valence-corrected chi connectivity index (χ1v) is 12.5. The van der Waals surface area contributed by atoms with Crippen LogP contribution in [0.25, 0.3) is 0 Å². The maximum absolute atomic E-state index is 11.6. The zero-order valence-corrected chi connectivity index (χ0v) is 18.5. The predicted molar refractivity (Wildman–Crippen MR) is 116 cm³/mol.